The Labute approximate surface area is 118 Å². The van der Waals surface area contributed by atoms with Crippen molar-refractivity contribution in [2.45, 2.75) is 19.3 Å². The number of hydrogen-bond donors (Lipinski definition) is 0. The molecule has 4 heteroatoms. The Hall–Kier alpha value is -2.36. The molecule has 0 radical (unpaired) electrons. The first kappa shape index (κ1) is 14.1. The van der Waals surface area contributed by atoms with Gasteiger partial charge in [0.15, 0.2) is 0 Å². The molecule has 0 spiro atoms. The van der Waals surface area contributed by atoms with Gasteiger partial charge in [-0.2, -0.15) is 0 Å². The van der Waals surface area contributed by atoms with Gasteiger partial charge in [0, 0.05) is 0 Å². The van der Waals surface area contributed by atoms with Crippen LogP contribution in [0.5, 0.6) is 0 Å². The van der Waals surface area contributed by atoms with Crippen LogP contribution in [0.2, 0.25) is 0 Å². The van der Waals surface area contributed by atoms with E-state index < -0.39 is 6.09 Å². The van der Waals surface area contributed by atoms with Crippen LogP contribution in [0.3, 0.4) is 0 Å². The first-order chi connectivity index (χ1) is 9.70. The molecule has 1 aromatic carbocycles. The van der Waals surface area contributed by atoms with Crippen molar-refractivity contribution in [2.75, 3.05) is 11.5 Å². The van der Waals surface area contributed by atoms with E-state index in [1.807, 2.05) is 19.1 Å². The van der Waals surface area contributed by atoms with E-state index in [0.29, 0.717) is 12.1 Å². The highest BCUT2D eigenvalue weighted by Crippen LogP contribution is 2.39. The Bertz CT molecular complexity index is 563. The van der Waals surface area contributed by atoms with E-state index in [0.717, 1.165) is 10.5 Å². The number of amides is 2. The molecule has 1 aromatic rings. The van der Waals surface area contributed by atoms with Crippen LogP contribution in [0.4, 0.5) is 10.5 Å². The molecule has 2 amide bonds. The van der Waals surface area contributed by atoms with Gasteiger partial charge in [0.05, 0.1) is 11.6 Å². The van der Waals surface area contributed by atoms with Crippen molar-refractivity contribution in [1.29, 1.82) is 0 Å². The molecule has 20 heavy (non-hydrogen) atoms. The molecule has 1 atom stereocenters. The second kappa shape index (κ2) is 6.19. The monoisotopic (exact) mass is 271 g/mol. The number of carbonyl (C=O) groups excluding carboxylic acids is 2. The van der Waals surface area contributed by atoms with Crippen molar-refractivity contribution in [3.8, 4) is 0 Å². The first-order valence-electron chi connectivity index (χ1n) is 6.52. The summed E-state index contributed by atoms with van der Waals surface area (Å²) in [5.41, 5.74) is 1.45. The van der Waals surface area contributed by atoms with Gasteiger partial charge < -0.3 is 4.74 Å². The highest BCUT2D eigenvalue weighted by Gasteiger charge is 2.40. The Morgan fingerprint density at radius 1 is 1.45 bits per heavy atom. The molecule has 0 N–H and O–H groups in total. The number of fused-ring (bicyclic) bond motifs is 1. The zero-order chi connectivity index (χ0) is 14.5. The van der Waals surface area contributed by atoms with Gasteiger partial charge in [-0.3, -0.25) is 4.79 Å². The van der Waals surface area contributed by atoms with Gasteiger partial charge in [-0.15, -0.1) is 6.58 Å². The summed E-state index contributed by atoms with van der Waals surface area (Å²) >= 11 is 0. The number of anilines is 1. The fourth-order valence-electron chi connectivity index (χ4n) is 2.26. The zero-order valence-electron chi connectivity index (χ0n) is 11.4. The molecular weight excluding hydrogens is 254 g/mol. The fraction of sp³-hybridized carbons (Fsp3) is 0.250. The lowest BCUT2D eigenvalue weighted by Crippen LogP contribution is -2.35. The average Bonchev–Trinajstić information content (AvgIpc) is 2.73. The molecule has 0 aromatic heterocycles. The minimum atomic E-state index is -0.632. The van der Waals surface area contributed by atoms with Crippen LogP contribution in [-0.2, 0) is 9.53 Å². The summed E-state index contributed by atoms with van der Waals surface area (Å²) in [5, 5.41) is 0. The predicted octanol–water partition coefficient (Wildman–Crippen LogP) is 3.41. The summed E-state index contributed by atoms with van der Waals surface area (Å²) < 4.78 is 5.07. The minimum absolute atomic E-state index is 0.160. The van der Waals surface area contributed by atoms with Crippen LogP contribution in [0.15, 0.2) is 49.1 Å². The topological polar surface area (TPSA) is 46.6 Å². The van der Waals surface area contributed by atoms with Gasteiger partial charge in [0.1, 0.15) is 6.61 Å². The van der Waals surface area contributed by atoms with Gasteiger partial charge in [0.2, 0.25) is 5.91 Å². The first-order valence-corrected chi connectivity index (χ1v) is 6.52. The number of benzene rings is 1. The molecule has 1 aliphatic rings. The van der Waals surface area contributed by atoms with Gasteiger partial charge in [-0.25, -0.2) is 9.69 Å². The molecule has 1 aliphatic heterocycles. The number of imide groups is 1. The second-order valence-corrected chi connectivity index (χ2v) is 4.46. The third-order valence-electron chi connectivity index (χ3n) is 3.20. The molecule has 0 saturated heterocycles. The maximum absolute atomic E-state index is 12.4. The highest BCUT2D eigenvalue weighted by molar-refractivity contribution is 6.19. The Morgan fingerprint density at radius 2 is 2.20 bits per heavy atom. The summed E-state index contributed by atoms with van der Waals surface area (Å²) in [4.78, 5) is 25.6. The van der Waals surface area contributed by atoms with Crippen molar-refractivity contribution in [3.63, 3.8) is 0 Å². The van der Waals surface area contributed by atoms with E-state index in [-0.39, 0.29) is 18.4 Å². The lowest BCUT2D eigenvalue weighted by molar-refractivity contribution is -0.118. The van der Waals surface area contributed by atoms with Gasteiger partial charge in [-0.1, -0.05) is 36.4 Å². The van der Waals surface area contributed by atoms with Crippen LogP contribution in [-0.4, -0.2) is 18.6 Å². The Balaban J connectivity index is 2.27. The van der Waals surface area contributed by atoms with E-state index in [1.54, 1.807) is 30.4 Å². The van der Waals surface area contributed by atoms with E-state index in [4.69, 9.17) is 4.74 Å². The predicted molar refractivity (Wildman–Crippen MR) is 77.6 cm³/mol. The number of rotatable bonds is 4. The SMILES string of the molecule is C=CCC1C(=O)N(C(=O)OC/C=C/C)c2ccccc21. The minimum Gasteiger partial charge on any atom is -0.445 e. The average molecular weight is 271 g/mol. The molecular formula is C16H17NO3. The van der Waals surface area contributed by atoms with Crippen molar-refractivity contribution in [3.05, 3.63) is 54.6 Å². The summed E-state index contributed by atoms with van der Waals surface area (Å²) in [6, 6.07) is 7.28. The van der Waals surface area contributed by atoms with E-state index >= 15 is 0 Å². The zero-order valence-corrected chi connectivity index (χ0v) is 11.4. The molecule has 0 aliphatic carbocycles. The Morgan fingerprint density at radius 3 is 2.90 bits per heavy atom. The van der Waals surface area contributed by atoms with Crippen LogP contribution < -0.4 is 4.90 Å². The third-order valence-corrected chi connectivity index (χ3v) is 3.20. The number of allylic oxidation sites excluding steroid dienone is 2. The van der Waals surface area contributed by atoms with Crippen molar-refractivity contribution >= 4 is 17.7 Å². The number of nitrogens with zero attached hydrogens (tertiary/aromatic N) is 1. The summed E-state index contributed by atoms with van der Waals surface area (Å²) in [6.45, 7) is 5.66. The van der Waals surface area contributed by atoms with Crippen LogP contribution in [0.1, 0.15) is 24.8 Å². The normalized spacial score (nSPS) is 17.4. The van der Waals surface area contributed by atoms with Crippen molar-refractivity contribution < 1.29 is 14.3 Å². The van der Waals surface area contributed by atoms with Crippen LogP contribution in [0.25, 0.3) is 0 Å². The standard InChI is InChI=1S/C16H17NO3/c1-3-5-11-20-16(19)17-14-10-7-6-9-12(14)13(8-4-2)15(17)18/h3-7,9-10,13H,2,8,11H2,1H3/b5-3+. The molecule has 4 nitrogen and oxygen atoms in total. The van der Waals surface area contributed by atoms with E-state index in [9.17, 15) is 9.59 Å². The van der Waals surface area contributed by atoms with Gasteiger partial charge in [-0.05, 0) is 25.0 Å². The molecule has 104 valence electrons. The number of ether oxygens (including phenoxy) is 1. The van der Waals surface area contributed by atoms with Crippen molar-refractivity contribution in [2.24, 2.45) is 0 Å². The fourth-order valence-corrected chi connectivity index (χ4v) is 2.26. The number of carbonyl (C=O) groups is 2. The maximum Gasteiger partial charge on any atom is 0.421 e. The lowest BCUT2D eigenvalue weighted by Gasteiger charge is -2.15. The van der Waals surface area contributed by atoms with Gasteiger partial charge >= 0.3 is 6.09 Å². The Kier molecular flexibility index (Phi) is 4.35. The van der Waals surface area contributed by atoms with Gasteiger partial charge in [0.25, 0.3) is 0 Å². The second-order valence-electron chi connectivity index (χ2n) is 4.46. The quantitative estimate of drug-likeness (QED) is 0.788. The number of para-hydroxylation sites is 1. The molecule has 0 saturated carbocycles. The van der Waals surface area contributed by atoms with E-state index in [2.05, 4.69) is 6.58 Å². The van der Waals surface area contributed by atoms with E-state index in [1.165, 1.54) is 0 Å². The third kappa shape index (κ3) is 2.50. The highest BCUT2D eigenvalue weighted by atomic mass is 16.6. The molecule has 0 fully saturated rings. The van der Waals surface area contributed by atoms with Crippen LogP contribution in [0, 0.1) is 0 Å². The smallest absolute Gasteiger partial charge is 0.421 e. The lowest BCUT2D eigenvalue weighted by atomic mass is 9.97. The van der Waals surface area contributed by atoms with Crippen LogP contribution >= 0.6 is 0 Å². The number of hydrogen-bond acceptors (Lipinski definition) is 3. The largest absolute Gasteiger partial charge is 0.445 e. The van der Waals surface area contributed by atoms with Crippen molar-refractivity contribution in [1.82, 2.24) is 0 Å². The molecule has 0 bridgehead atoms. The summed E-state index contributed by atoms with van der Waals surface area (Å²) in [7, 11) is 0. The summed E-state index contributed by atoms with van der Waals surface area (Å²) in [6.07, 6.45) is 5.06. The molecule has 1 heterocycles. The molecule has 1 unspecified atom stereocenters. The molecule has 2 rings (SSSR count). The maximum atomic E-state index is 12.4. The summed E-state index contributed by atoms with van der Waals surface area (Å²) in [5.74, 6) is -0.602.